The molecule has 0 aliphatic rings. The first-order valence-corrected chi connectivity index (χ1v) is 8.89. The van der Waals surface area contributed by atoms with E-state index in [1.807, 2.05) is 37.3 Å². The van der Waals surface area contributed by atoms with Crippen molar-refractivity contribution in [2.45, 2.75) is 13.0 Å². The van der Waals surface area contributed by atoms with Gasteiger partial charge in [0.2, 0.25) is 0 Å². The number of hydrogen-bond donors (Lipinski definition) is 3. The van der Waals surface area contributed by atoms with Gasteiger partial charge in [-0.3, -0.25) is 4.99 Å². The summed E-state index contributed by atoms with van der Waals surface area (Å²) < 4.78 is 13.5. The predicted molar refractivity (Wildman–Crippen MR) is 124 cm³/mol. The largest absolute Gasteiger partial charge is 0.363 e. The molecule has 0 spiro atoms. The number of halogens is 2. The molecule has 3 N–H and O–H groups in total. The van der Waals surface area contributed by atoms with Gasteiger partial charge >= 0.3 is 0 Å². The fraction of sp³-hybridized carbons (Fsp3) is 0.300. The minimum atomic E-state index is -0.219. The van der Waals surface area contributed by atoms with Crippen molar-refractivity contribution >= 4 is 46.7 Å². The molecule has 0 unspecified atom stereocenters. The average molecular weight is 496 g/mol. The van der Waals surface area contributed by atoms with Crippen LogP contribution in [0.15, 0.2) is 47.7 Å². The van der Waals surface area contributed by atoms with Gasteiger partial charge in [0.05, 0.1) is 0 Å². The van der Waals surface area contributed by atoms with Crippen LogP contribution in [0.2, 0.25) is 0 Å². The molecule has 0 fully saturated rings. The van der Waals surface area contributed by atoms with Gasteiger partial charge in [0.1, 0.15) is 11.6 Å². The molecule has 0 bridgehead atoms. The van der Waals surface area contributed by atoms with Crippen molar-refractivity contribution in [1.82, 2.24) is 20.6 Å². The van der Waals surface area contributed by atoms with E-state index in [2.05, 4.69) is 25.6 Å². The predicted octanol–water partition coefficient (Wildman–Crippen LogP) is 3.29. The number of anilines is 1. The highest BCUT2D eigenvalue weighted by Gasteiger charge is 2.06. The van der Waals surface area contributed by atoms with Crippen LogP contribution in [0, 0.1) is 5.82 Å². The molecule has 0 saturated heterocycles. The molecule has 0 saturated carbocycles. The lowest BCUT2D eigenvalue weighted by Crippen LogP contribution is -2.37. The standard InChI is InChI=1S/C20H25FN6.HI/c1-22-20(26-12-14-6-8-23-19(10-14)27(2)3)24-9-7-15-13-25-18-5-4-16(21)11-17(15)18;/h4-6,8,10-11,13,25H,7,9,12H2,1-3H3,(H2,22,24,26);1H. The fourth-order valence-electron chi connectivity index (χ4n) is 2.89. The molecule has 0 aliphatic heterocycles. The van der Waals surface area contributed by atoms with Crippen molar-refractivity contribution in [3.05, 3.63) is 59.7 Å². The molecule has 3 aromatic rings. The lowest BCUT2D eigenvalue weighted by molar-refractivity contribution is 0.629. The SMILES string of the molecule is CN=C(NCCc1c[nH]c2ccc(F)cc12)NCc1ccnc(N(C)C)c1.I. The molecule has 0 atom stereocenters. The summed E-state index contributed by atoms with van der Waals surface area (Å²) in [6, 6.07) is 8.82. The maximum Gasteiger partial charge on any atom is 0.191 e. The molecule has 6 nitrogen and oxygen atoms in total. The van der Waals surface area contributed by atoms with E-state index < -0.39 is 0 Å². The van der Waals surface area contributed by atoms with Crippen LogP contribution in [0.25, 0.3) is 10.9 Å². The molecule has 1 aromatic carbocycles. The normalized spacial score (nSPS) is 11.2. The first-order valence-electron chi connectivity index (χ1n) is 8.89. The third-order valence-electron chi connectivity index (χ3n) is 4.37. The number of aliphatic imine (C=N–C) groups is 1. The van der Waals surface area contributed by atoms with Gasteiger partial charge in [-0.15, -0.1) is 24.0 Å². The van der Waals surface area contributed by atoms with E-state index in [9.17, 15) is 4.39 Å². The van der Waals surface area contributed by atoms with E-state index >= 15 is 0 Å². The quantitative estimate of drug-likeness (QED) is 0.279. The first-order chi connectivity index (χ1) is 13.1. The Balaban J connectivity index is 0.00000280. The number of H-pyrrole nitrogens is 1. The average Bonchev–Trinajstić information content (AvgIpc) is 3.06. The van der Waals surface area contributed by atoms with Crippen LogP contribution in [0.4, 0.5) is 10.2 Å². The zero-order valence-electron chi connectivity index (χ0n) is 16.3. The smallest absolute Gasteiger partial charge is 0.191 e. The van der Waals surface area contributed by atoms with Gasteiger partial charge in [-0.25, -0.2) is 9.37 Å². The molecule has 0 radical (unpaired) electrons. The Hall–Kier alpha value is -2.36. The number of nitrogens with one attached hydrogen (secondary N) is 3. The van der Waals surface area contributed by atoms with E-state index in [0.29, 0.717) is 13.1 Å². The second kappa shape index (κ2) is 10.3. The fourth-order valence-corrected chi connectivity index (χ4v) is 2.89. The van der Waals surface area contributed by atoms with Gasteiger partial charge in [-0.2, -0.15) is 0 Å². The van der Waals surface area contributed by atoms with E-state index in [1.165, 1.54) is 6.07 Å². The summed E-state index contributed by atoms with van der Waals surface area (Å²) in [5, 5.41) is 7.53. The zero-order valence-corrected chi connectivity index (χ0v) is 18.6. The van der Waals surface area contributed by atoms with Crippen LogP contribution in [0.3, 0.4) is 0 Å². The number of aromatic amines is 1. The first kappa shape index (κ1) is 21.9. The Morgan fingerprint density at radius 2 is 2.04 bits per heavy atom. The Morgan fingerprint density at radius 3 is 2.79 bits per heavy atom. The lowest BCUT2D eigenvalue weighted by atomic mass is 10.1. The van der Waals surface area contributed by atoms with Crippen LogP contribution < -0.4 is 15.5 Å². The number of fused-ring (bicyclic) bond motifs is 1. The molecular weight excluding hydrogens is 470 g/mol. The Morgan fingerprint density at radius 1 is 1.21 bits per heavy atom. The van der Waals surface area contributed by atoms with E-state index in [0.717, 1.165) is 40.2 Å². The van der Waals surface area contributed by atoms with Crippen molar-refractivity contribution < 1.29 is 4.39 Å². The lowest BCUT2D eigenvalue weighted by Gasteiger charge is -2.14. The maximum absolute atomic E-state index is 13.5. The molecule has 3 rings (SSSR count). The van der Waals surface area contributed by atoms with Crippen molar-refractivity contribution in [2.75, 3.05) is 32.6 Å². The summed E-state index contributed by atoms with van der Waals surface area (Å²) in [5.74, 6) is 1.43. The monoisotopic (exact) mass is 496 g/mol. The number of hydrogen-bond acceptors (Lipinski definition) is 3. The van der Waals surface area contributed by atoms with Gasteiger partial charge in [0.25, 0.3) is 0 Å². The highest BCUT2D eigenvalue weighted by atomic mass is 127. The molecular formula is C20H26FIN6. The number of benzene rings is 1. The van der Waals surface area contributed by atoms with Crippen LogP contribution in [-0.2, 0) is 13.0 Å². The zero-order chi connectivity index (χ0) is 19.2. The molecule has 2 aromatic heterocycles. The minimum Gasteiger partial charge on any atom is -0.363 e. The van der Waals surface area contributed by atoms with E-state index in [1.54, 1.807) is 25.4 Å². The highest BCUT2D eigenvalue weighted by molar-refractivity contribution is 14.0. The minimum absolute atomic E-state index is 0. The van der Waals surface area contributed by atoms with Crippen molar-refractivity contribution in [3.63, 3.8) is 0 Å². The third kappa shape index (κ3) is 5.57. The summed E-state index contributed by atoms with van der Waals surface area (Å²) in [4.78, 5) is 13.7. The number of aromatic nitrogens is 2. The second-order valence-electron chi connectivity index (χ2n) is 6.52. The molecule has 0 aliphatic carbocycles. The van der Waals surface area contributed by atoms with E-state index in [-0.39, 0.29) is 29.8 Å². The molecule has 8 heteroatoms. The summed E-state index contributed by atoms with van der Waals surface area (Å²) >= 11 is 0. The highest BCUT2D eigenvalue weighted by Crippen LogP contribution is 2.19. The van der Waals surface area contributed by atoms with Crippen LogP contribution in [-0.4, -0.2) is 43.6 Å². The van der Waals surface area contributed by atoms with Crippen LogP contribution in [0.5, 0.6) is 0 Å². The van der Waals surface area contributed by atoms with Crippen LogP contribution >= 0.6 is 24.0 Å². The summed E-state index contributed by atoms with van der Waals surface area (Å²) in [5.41, 5.74) is 3.16. The van der Waals surface area contributed by atoms with Crippen molar-refractivity contribution in [3.8, 4) is 0 Å². The van der Waals surface area contributed by atoms with Gasteiger partial charge < -0.3 is 20.5 Å². The van der Waals surface area contributed by atoms with Gasteiger partial charge in [-0.1, -0.05) is 0 Å². The Kier molecular flexibility index (Phi) is 8.04. The van der Waals surface area contributed by atoms with E-state index in [4.69, 9.17) is 0 Å². The van der Waals surface area contributed by atoms with Gasteiger partial charge in [0, 0.05) is 57.5 Å². The number of rotatable bonds is 6. The third-order valence-corrected chi connectivity index (χ3v) is 4.37. The maximum atomic E-state index is 13.5. The van der Waals surface area contributed by atoms with Gasteiger partial charge in [-0.05, 0) is 47.9 Å². The number of nitrogens with zero attached hydrogens (tertiary/aromatic N) is 3. The molecule has 2 heterocycles. The van der Waals surface area contributed by atoms with Crippen molar-refractivity contribution in [2.24, 2.45) is 4.99 Å². The molecule has 150 valence electrons. The van der Waals surface area contributed by atoms with Crippen LogP contribution in [0.1, 0.15) is 11.1 Å². The Labute approximate surface area is 181 Å². The molecule has 28 heavy (non-hydrogen) atoms. The summed E-state index contributed by atoms with van der Waals surface area (Å²) in [6.45, 7) is 1.35. The van der Waals surface area contributed by atoms with Gasteiger partial charge in [0.15, 0.2) is 5.96 Å². The number of pyridine rings is 1. The number of guanidine groups is 1. The molecule has 0 amide bonds. The van der Waals surface area contributed by atoms with Crippen molar-refractivity contribution in [1.29, 1.82) is 0 Å². The topological polar surface area (TPSA) is 68.3 Å². The summed E-state index contributed by atoms with van der Waals surface area (Å²) in [6.07, 6.45) is 4.50. The summed E-state index contributed by atoms with van der Waals surface area (Å²) in [7, 11) is 5.68. The Bertz CT molecular complexity index is 937. The second-order valence-corrected chi connectivity index (χ2v) is 6.52.